The number of amides is 2. The van der Waals surface area contributed by atoms with Crippen molar-refractivity contribution in [2.24, 2.45) is 0 Å². The third-order valence-electron chi connectivity index (χ3n) is 3.85. The van der Waals surface area contributed by atoms with Gasteiger partial charge in [0, 0.05) is 0 Å². The normalized spacial score (nSPS) is 21.1. The maximum atomic E-state index is 13.9. The van der Waals surface area contributed by atoms with E-state index < -0.39 is 35.4 Å². The van der Waals surface area contributed by atoms with E-state index in [1.54, 1.807) is 20.8 Å². The summed E-state index contributed by atoms with van der Waals surface area (Å²) in [7, 11) is 0. The van der Waals surface area contributed by atoms with Crippen molar-refractivity contribution in [2.75, 3.05) is 0 Å². The van der Waals surface area contributed by atoms with E-state index in [-0.39, 0.29) is 24.1 Å². The summed E-state index contributed by atoms with van der Waals surface area (Å²) in [6, 6.07) is 2.18. The fraction of sp³-hybridized carbons (Fsp3) is 0.500. The number of carbonyl (C=O) groups excluding carboxylic acids is 2. The van der Waals surface area contributed by atoms with Crippen molar-refractivity contribution in [1.82, 2.24) is 16.0 Å². The Labute approximate surface area is 147 Å². The van der Waals surface area contributed by atoms with Crippen LogP contribution in [0.5, 0.6) is 5.75 Å². The average molecular weight is 377 g/mol. The van der Waals surface area contributed by atoms with E-state index in [0.717, 1.165) is 12.1 Å². The van der Waals surface area contributed by atoms with Crippen molar-refractivity contribution in [3.05, 3.63) is 29.6 Å². The Balaban J connectivity index is 2.12. The second-order valence-corrected chi connectivity index (χ2v) is 6.52. The minimum absolute atomic E-state index is 0.0566. The van der Waals surface area contributed by atoms with Gasteiger partial charge in [0.1, 0.15) is 0 Å². The number of rotatable bonds is 4. The number of nitrogens with one attached hydrogen (secondary N) is 3. The van der Waals surface area contributed by atoms with Gasteiger partial charge < -0.3 is 15.4 Å². The Morgan fingerprint density at radius 2 is 1.96 bits per heavy atom. The molecule has 0 aliphatic carbocycles. The molecule has 0 saturated carbocycles. The Kier molecular flexibility index (Phi) is 5.45. The summed E-state index contributed by atoms with van der Waals surface area (Å²) in [5.74, 6) is -2.92. The Morgan fingerprint density at radius 3 is 2.50 bits per heavy atom. The van der Waals surface area contributed by atoms with Crippen LogP contribution >= 0.6 is 0 Å². The van der Waals surface area contributed by atoms with Crippen LogP contribution in [0.15, 0.2) is 18.2 Å². The number of alkyl halides is 3. The van der Waals surface area contributed by atoms with E-state index in [0.29, 0.717) is 0 Å². The molecule has 0 spiro atoms. The molecule has 10 heteroatoms. The number of hydrogen-bond donors (Lipinski definition) is 3. The SMILES string of the molecule is CC1NC(=O)CC(C(=O)NC(C)(C)c2ccc(OC(F)(F)F)c(F)c2)N1. The Bertz CT molecular complexity index is 706. The second kappa shape index (κ2) is 7.10. The highest BCUT2D eigenvalue weighted by atomic mass is 19.4. The summed E-state index contributed by atoms with van der Waals surface area (Å²) >= 11 is 0. The zero-order valence-electron chi connectivity index (χ0n) is 14.3. The first kappa shape index (κ1) is 20.0. The monoisotopic (exact) mass is 377 g/mol. The van der Waals surface area contributed by atoms with Gasteiger partial charge in [-0.3, -0.25) is 14.9 Å². The summed E-state index contributed by atoms with van der Waals surface area (Å²) in [6.45, 7) is 4.81. The first-order chi connectivity index (χ1) is 11.9. The maximum Gasteiger partial charge on any atom is 0.573 e. The molecule has 3 N–H and O–H groups in total. The van der Waals surface area contributed by atoms with Crippen molar-refractivity contribution < 1.29 is 31.9 Å². The fourth-order valence-electron chi connectivity index (χ4n) is 2.62. The molecule has 1 aromatic carbocycles. The van der Waals surface area contributed by atoms with Crippen molar-refractivity contribution in [3.63, 3.8) is 0 Å². The first-order valence-corrected chi connectivity index (χ1v) is 7.80. The highest BCUT2D eigenvalue weighted by Crippen LogP contribution is 2.29. The van der Waals surface area contributed by atoms with Gasteiger partial charge in [-0.25, -0.2) is 4.39 Å². The third kappa shape index (κ3) is 5.07. The smallest absolute Gasteiger partial charge is 0.403 e. The molecule has 144 valence electrons. The molecular formula is C16H19F4N3O3. The molecule has 0 radical (unpaired) electrons. The molecule has 1 aliphatic heterocycles. The lowest BCUT2D eigenvalue weighted by Gasteiger charge is -2.33. The number of carbonyl (C=O) groups is 2. The van der Waals surface area contributed by atoms with E-state index in [1.807, 2.05) is 0 Å². The summed E-state index contributed by atoms with van der Waals surface area (Å²) in [5, 5.41) is 8.18. The molecular weight excluding hydrogens is 358 g/mol. The Hall–Kier alpha value is -2.36. The number of ether oxygens (including phenoxy) is 1. The molecule has 2 amide bonds. The van der Waals surface area contributed by atoms with E-state index in [1.165, 1.54) is 6.07 Å². The van der Waals surface area contributed by atoms with Gasteiger partial charge in [-0.15, -0.1) is 13.2 Å². The fourth-order valence-corrected chi connectivity index (χ4v) is 2.62. The molecule has 6 nitrogen and oxygen atoms in total. The van der Waals surface area contributed by atoms with Crippen LogP contribution in [0.3, 0.4) is 0 Å². The van der Waals surface area contributed by atoms with Crippen LogP contribution in [-0.2, 0) is 15.1 Å². The minimum Gasteiger partial charge on any atom is -0.403 e. The van der Waals surface area contributed by atoms with Crippen LogP contribution in [0, 0.1) is 5.82 Å². The molecule has 0 aromatic heterocycles. The highest BCUT2D eigenvalue weighted by molar-refractivity contribution is 5.90. The quantitative estimate of drug-likeness (QED) is 0.701. The lowest BCUT2D eigenvalue weighted by atomic mass is 9.93. The predicted molar refractivity (Wildman–Crippen MR) is 83.4 cm³/mol. The van der Waals surface area contributed by atoms with Gasteiger partial charge in [0.05, 0.1) is 24.2 Å². The van der Waals surface area contributed by atoms with Crippen LogP contribution in [0.4, 0.5) is 17.6 Å². The number of halogens is 4. The van der Waals surface area contributed by atoms with Crippen molar-refractivity contribution >= 4 is 11.8 Å². The van der Waals surface area contributed by atoms with E-state index in [4.69, 9.17) is 0 Å². The van der Waals surface area contributed by atoms with Gasteiger partial charge in [-0.05, 0) is 38.5 Å². The van der Waals surface area contributed by atoms with Crippen LogP contribution in [-0.4, -0.2) is 30.4 Å². The van der Waals surface area contributed by atoms with E-state index in [2.05, 4.69) is 20.7 Å². The van der Waals surface area contributed by atoms with Gasteiger partial charge in [-0.1, -0.05) is 6.07 Å². The lowest BCUT2D eigenvalue weighted by molar-refractivity contribution is -0.275. The third-order valence-corrected chi connectivity index (χ3v) is 3.85. The van der Waals surface area contributed by atoms with Crippen molar-refractivity contribution in [1.29, 1.82) is 0 Å². The van der Waals surface area contributed by atoms with Crippen LogP contribution in [0.2, 0.25) is 0 Å². The molecule has 2 unspecified atom stereocenters. The predicted octanol–water partition coefficient (Wildman–Crippen LogP) is 1.90. The molecule has 1 saturated heterocycles. The number of hydrogen-bond acceptors (Lipinski definition) is 4. The summed E-state index contributed by atoms with van der Waals surface area (Å²) < 4.78 is 54.1. The van der Waals surface area contributed by atoms with Gasteiger partial charge in [0.2, 0.25) is 11.8 Å². The average Bonchev–Trinajstić information content (AvgIpc) is 2.46. The minimum atomic E-state index is -5.00. The molecule has 0 bridgehead atoms. The zero-order valence-corrected chi connectivity index (χ0v) is 14.3. The summed E-state index contributed by atoms with van der Waals surface area (Å²) in [5.41, 5.74) is -0.848. The molecule has 2 rings (SSSR count). The zero-order chi connectivity index (χ0) is 19.7. The lowest BCUT2D eigenvalue weighted by Crippen LogP contribution is -2.61. The van der Waals surface area contributed by atoms with Gasteiger partial charge in [-0.2, -0.15) is 0 Å². The molecule has 26 heavy (non-hydrogen) atoms. The molecule has 1 heterocycles. The largest absolute Gasteiger partial charge is 0.573 e. The van der Waals surface area contributed by atoms with Gasteiger partial charge in [0.25, 0.3) is 0 Å². The van der Waals surface area contributed by atoms with Crippen molar-refractivity contribution in [3.8, 4) is 5.75 Å². The summed E-state index contributed by atoms with van der Waals surface area (Å²) in [6.07, 6.45) is -5.44. The van der Waals surface area contributed by atoms with Crippen LogP contribution in [0.1, 0.15) is 32.8 Å². The van der Waals surface area contributed by atoms with Crippen LogP contribution in [0.25, 0.3) is 0 Å². The van der Waals surface area contributed by atoms with E-state index in [9.17, 15) is 27.2 Å². The molecule has 2 atom stereocenters. The summed E-state index contributed by atoms with van der Waals surface area (Å²) in [4.78, 5) is 23.9. The van der Waals surface area contributed by atoms with Crippen LogP contribution < -0.4 is 20.7 Å². The highest BCUT2D eigenvalue weighted by Gasteiger charge is 2.34. The molecule has 1 aliphatic rings. The second-order valence-electron chi connectivity index (χ2n) is 6.52. The van der Waals surface area contributed by atoms with Crippen molar-refractivity contribution in [2.45, 2.75) is 51.3 Å². The van der Waals surface area contributed by atoms with Gasteiger partial charge >= 0.3 is 6.36 Å². The Morgan fingerprint density at radius 1 is 1.31 bits per heavy atom. The van der Waals surface area contributed by atoms with Gasteiger partial charge in [0.15, 0.2) is 11.6 Å². The standard InChI is InChI=1S/C16H19F4N3O3/c1-8-21-11(7-13(24)22-8)14(25)23-15(2,3)9-4-5-12(10(17)6-9)26-16(18,19)20/h4-6,8,11,21H,7H2,1-3H3,(H,22,24)(H,23,25). The first-order valence-electron chi connectivity index (χ1n) is 7.80. The van der Waals surface area contributed by atoms with E-state index >= 15 is 0 Å². The molecule has 1 fully saturated rings. The topological polar surface area (TPSA) is 79.5 Å². The molecule has 1 aromatic rings. The maximum absolute atomic E-state index is 13.9. The number of benzene rings is 1.